The van der Waals surface area contributed by atoms with Crippen LogP contribution in [-0.4, -0.2) is 54.2 Å². The fourth-order valence-electron chi connectivity index (χ4n) is 3.50. The molecule has 1 saturated carbocycles. The van der Waals surface area contributed by atoms with Crippen LogP contribution >= 0.6 is 0 Å². The van der Waals surface area contributed by atoms with Gasteiger partial charge in [0.2, 0.25) is 0 Å². The SMILES string of the molecule is C=CC(=O)OCC(CC)(COC(=O)C=C)COC(=O)C=C.O=C(c1ccccc1)C1(O)CCCCC1. The van der Waals surface area contributed by atoms with Crippen molar-refractivity contribution in [1.82, 2.24) is 0 Å². The Hall–Kier alpha value is -3.52. The van der Waals surface area contributed by atoms with Gasteiger partial charge in [0, 0.05) is 23.8 Å². The van der Waals surface area contributed by atoms with E-state index in [0.717, 1.165) is 37.5 Å². The Morgan fingerprint density at radius 1 is 0.833 bits per heavy atom. The summed E-state index contributed by atoms with van der Waals surface area (Å²) in [5.74, 6) is -1.95. The number of benzene rings is 1. The van der Waals surface area contributed by atoms with Gasteiger partial charge in [0.05, 0.1) is 5.41 Å². The van der Waals surface area contributed by atoms with E-state index in [2.05, 4.69) is 19.7 Å². The topological polar surface area (TPSA) is 116 Å². The van der Waals surface area contributed by atoms with Crippen molar-refractivity contribution in [2.24, 2.45) is 5.41 Å². The van der Waals surface area contributed by atoms with Gasteiger partial charge in [0.1, 0.15) is 25.4 Å². The molecule has 0 spiro atoms. The molecule has 1 aromatic rings. The molecular formula is C28H36O8. The van der Waals surface area contributed by atoms with Crippen molar-refractivity contribution < 1.29 is 38.5 Å². The average Bonchev–Trinajstić information content (AvgIpc) is 2.93. The first-order chi connectivity index (χ1) is 17.1. The fourth-order valence-corrected chi connectivity index (χ4v) is 3.50. The third kappa shape index (κ3) is 10.00. The second-order valence-corrected chi connectivity index (χ2v) is 8.58. The van der Waals surface area contributed by atoms with Gasteiger partial charge in [-0.3, -0.25) is 4.79 Å². The van der Waals surface area contributed by atoms with E-state index < -0.39 is 28.9 Å². The largest absolute Gasteiger partial charge is 0.462 e. The molecule has 196 valence electrons. The summed E-state index contributed by atoms with van der Waals surface area (Å²) >= 11 is 0. The molecule has 36 heavy (non-hydrogen) atoms. The van der Waals surface area contributed by atoms with Crippen LogP contribution in [0.2, 0.25) is 0 Å². The predicted molar refractivity (Wildman–Crippen MR) is 135 cm³/mol. The molecule has 0 aliphatic heterocycles. The van der Waals surface area contributed by atoms with Crippen molar-refractivity contribution in [3.63, 3.8) is 0 Å². The van der Waals surface area contributed by atoms with Crippen LogP contribution in [0.3, 0.4) is 0 Å². The highest BCUT2D eigenvalue weighted by Crippen LogP contribution is 2.31. The number of carbonyl (C=O) groups excluding carboxylic acids is 4. The molecule has 1 aliphatic rings. The van der Waals surface area contributed by atoms with Gasteiger partial charge in [0.25, 0.3) is 0 Å². The second-order valence-electron chi connectivity index (χ2n) is 8.58. The summed E-state index contributed by atoms with van der Waals surface area (Å²) in [6.45, 7) is 11.4. The van der Waals surface area contributed by atoms with Crippen molar-refractivity contribution in [1.29, 1.82) is 0 Å². The first-order valence-electron chi connectivity index (χ1n) is 11.8. The summed E-state index contributed by atoms with van der Waals surface area (Å²) in [5.41, 5.74) is -1.31. The van der Waals surface area contributed by atoms with E-state index in [1.54, 1.807) is 19.1 Å². The third-order valence-corrected chi connectivity index (χ3v) is 5.95. The van der Waals surface area contributed by atoms with Crippen molar-refractivity contribution in [2.45, 2.75) is 51.0 Å². The lowest BCUT2D eigenvalue weighted by Crippen LogP contribution is -2.40. The number of ether oxygens (including phenoxy) is 3. The van der Waals surface area contributed by atoms with Crippen LogP contribution < -0.4 is 0 Å². The Balaban J connectivity index is 0.000000377. The summed E-state index contributed by atoms with van der Waals surface area (Å²) in [4.78, 5) is 45.6. The van der Waals surface area contributed by atoms with Crippen LogP contribution in [0.15, 0.2) is 68.3 Å². The molecular weight excluding hydrogens is 464 g/mol. The van der Waals surface area contributed by atoms with Crippen LogP contribution in [0.1, 0.15) is 55.8 Å². The van der Waals surface area contributed by atoms with E-state index >= 15 is 0 Å². The van der Waals surface area contributed by atoms with E-state index in [4.69, 9.17) is 14.2 Å². The van der Waals surface area contributed by atoms with Crippen molar-refractivity contribution in [2.75, 3.05) is 19.8 Å². The number of carbonyl (C=O) groups is 4. The van der Waals surface area contributed by atoms with Crippen LogP contribution in [0.5, 0.6) is 0 Å². The number of ketones is 1. The molecule has 1 N–H and O–H groups in total. The molecule has 0 aromatic heterocycles. The molecule has 0 radical (unpaired) electrons. The minimum Gasteiger partial charge on any atom is -0.462 e. The Morgan fingerprint density at radius 3 is 1.61 bits per heavy atom. The summed E-state index contributed by atoms with van der Waals surface area (Å²) in [7, 11) is 0. The molecule has 1 fully saturated rings. The number of hydrogen-bond acceptors (Lipinski definition) is 8. The van der Waals surface area contributed by atoms with Crippen molar-refractivity contribution in [3.8, 4) is 0 Å². The first kappa shape index (κ1) is 30.5. The molecule has 8 heteroatoms. The van der Waals surface area contributed by atoms with Crippen LogP contribution in [0.4, 0.5) is 0 Å². The molecule has 0 bridgehead atoms. The van der Waals surface area contributed by atoms with Gasteiger partial charge in [0.15, 0.2) is 5.78 Å². The number of esters is 3. The zero-order chi connectivity index (χ0) is 27.0. The summed E-state index contributed by atoms with van der Waals surface area (Å²) in [6.07, 6.45) is 7.77. The Morgan fingerprint density at radius 2 is 1.25 bits per heavy atom. The van der Waals surface area contributed by atoms with Crippen LogP contribution in [-0.2, 0) is 28.6 Å². The van der Waals surface area contributed by atoms with Crippen LogP contribution in [0.25, 0.3) is 0 Å². The molecule has 0 unspecified atom stereocenters. The van der Waals surface area contributed by atoms with Gasteiger partial charge in [-0.25, -0.2) is 14.4 Å². The maximum absolute atomic E-state index is 12.1. The molecule has 0 heterocycles. The van der Waals surface area contributed by atoms with Crippen LogP contribution in [0, 0.1) is 5.41 Å². The molecule has 0 saturated heterocycles. The number of hydrogen-bond donors (Lipinski definition) is 1. The maximum atomic E-state index is 12.1. The predicted octanol–water partition coefficient (Wildman–Crippen LogP) is 4.13. The lowest BCUT2D eigenvalue weighted by molar-refractivity contribution is -0.156. The lowest BCUT2D eigenvalue weighted by atomic mass is 9.79. The third-order valence-electron chi connectivity index (χ3n) is 5.95. The van der Waals surface area contributed by atoms with E-state index in [1.807, 2.05) is 18.2 Å². The molecule has 8 nitrogen and oxygen atoms in total. The summed E-state index contributed by atoms with van der Waals surface area (Å²) < 4.78 is 15.0. The number of rotatable bonds is 12. The molecule has 2 rings (SSSR count). The van der Waals surface area contributed by atoms with Gasteiger partial charge >= 0.3 is 17.9 Å². The molecule has 0 atom stereocenters. The molecule has 1 aliphatic carbocycles. The standard InChI is InChI=1S/C15H20O6.C13H16O2/c1-5-12(16)19-9-15(8-4,10-20-13(17)6-2)11-21-14(18)7-3;14-12(11-7-3-1-4-8-11)13(15)9-5-2-6-10-13/h5-7H,1-3,8-11H2,4H3;1,3-4,7-8,15H,2,5-6,9-10H2. The highest BCUT2D eigenvalue weighted by Gasteiger charge is 2.37. The zero-order valence-corrected chi connectivity index (χ0v) is 20.9. The van der Waals surface area contributed by atoms with E-state index in [1.165, 1.54) is 0 Å². The zero-order valence-electron chi connectivity index (χ0n) is 20.9. The second kappa shape index (κ2) is 15.5. The molecule has 1 aromatic carbocycles. The first-order valence-corrected chi connectivity index (χ1v) is 11.8. The average molecular weight is 501 g/mol. The van der Waals surface area contributed by atoms with E-state index in [-0.39, 0.29) is 25.6 Å². The summed E-state index contributed by atoms with van der Waals surface area (Å²) in [5, 5.41) is 10.2. The van der Waals surface area contributed by atoms with Gasteiger partial charge in [-0.1, -0.05) is 76.3 Å². The summed E-state index contributed by atoms with van der Waals surface area (Å²) in [6, 6.07) is 9.09. The quantitative estimate of drug-likeness (QED) is 0.197. The Bertz CT molecular complexity index is 853. The fraction of sp³-hybridized carbons (Fsp3) is 0.429. The van der Waals surface area contributed by atoms with Gasteiger partial charge in [-0.15, -0.1) is 0 Å². The van der Waals surface area contributed by atoms with Gasteiger partial charge in [-0.2, -0.15) is 0 Å². The smallest absolute Gasteiger partial charge is 0.330 e. The molecule has 0 amide bonds. The lowest BCUT2D eigenvalue weighted by Gasteiger charge is -2.30. The minimum atomic E-state index is -1.10. The highest BCUT2D eigenvalue weighted by molar-refractivity contribution is 6.02. The Kier molecular flexibility index (Phi) is 13.1. The van der Waals surface area contributed by atoms with E-state index in [0.29, 0.717) is 24.8 Å². The highest BCUT2D eigenvalue weighted by atomic mass is 16.6. The normalized spacial score (nSPS) is 14.2. The van der Waals surface area contributed by atoms with Gasteiger partial charge in [-0.05, 0) is 19.3 Å². The maximum Gasteiger partial charge on any atom is 0.330 e. The monoisotopic (exact) mass is 500 g/mol. The Labute approximate surface area is 212 Å². The number of aliphatic hydroxyl groups is 1. The van der Waals surface area contributed by atoms with Gasteiger partial charge < -0.3 is 19.3 Å². The van der Waals surface area contributed by atoms with Crippen molar-refractivity contribution in [3.05, 3.63) is 73.9 Å². The van der Waals surface area contributed by atoms with E-state index in [9.17, 15) is 24.3 Å². The minimum absolute atomic E-state index is 0.0802. The number of Topliss-reactive ketones (excluding diaryl/α,β-unsaturated/α-hetero) is 1. The van der Waals surface area contributed by atoms with Crippen molar-refractivity contribution >= 4 is 23.7 Å².